The van der Waals surface area contributed by atoms with Gasteiger partial charge in [-0.05, 0) is 65.5 Å². The van der Waals surface area contributed by atoms with Crippen LogP contribution in [-0.4, -0.2) is 32.7 Å². The first kappa shape index (κ1) is 18.3. The Kier molecular flexibility index (Phi) is 6.97. The van der Waals surface area contributed by atoms with Gasteiger partial charge in [0, 0.05) is 12.1 Å². The molecule has 4 nitrogen and oxygen atoms in total. The molecule has 118 valence electrons. The summed E-state index contributed by atoms with van der Waals surface area (Å²) in [5.41, 5.74) is 0.847. The van der Waals surface area contributed by atoms with E-state index in [0.717, 1.165) is 42.7 Å². The largest absolute Gasteiger partial charge is 0.496 e. The van der Waals surface area contributed by atoms with E-state index in [2.05, 4.69) is 33.5 Å². The molecule has 1 saturated heterocycles. The molecule has 1 aromatic rings. The number of rotatable bonds is 4. The fraction of sp³-hybridized carbons (Fsp3) is 0.533. The fourth-order valence-corrected chi connectivity index (χ4v) is 2.95. The lowest BCUT2D eigenvalue weighted by molar-refractivity contribution is 0.0922. The summed E-state index contributed by atoms with van der Waals surface area (Å²) < 4.78 is 5.96. The van der Waals surface area contributed by atoms with Gasteiger partial charge in [-0.1, -0.05) is 6.92 Å². The third-order valence-electron chi connectivity index (χ3n) is 3.90. The predicted molar refractivity (Wildman–Crippen MR) is 90.5 cm³/mol. The molecule has 21 heavy (non-hydrogen) atoms. The van der Waals surface area contributed by atoms with Crippen molar-refractivity contribution in [3.05, 3.63) is 28.2 Å². The number of piperidine rings is 1. The van der Waals surface area contributed by atoms with Crippen LogP contribution in [0.3, 0.4) is 0 Å². The second-order valence-electron chi connectivity index (χ2n) is 5.59. The molecular weight excluding hydrogens is 356 g/mol. The highest BCUT2D eigenvalue weighted by atomic mass is 79.9. The van der Waals surface area contributed by atoms with Gasteiger partial charge >= 0.3 is 0 Å². The van der Waals surface area contributed by atoms with Crippen LogP contribution in [0.1, 0.15) is 30.1 Å². The van der Waals surface area contributed by atoms with Gasteiger partial charge in [-0.2, -0.15) is 0 Å². The molecule has 6 heteroatoms. The van der Waals surface area contributed by atoms with E-state index in [-0.39, 0.29) is 23.7 Å². The number of nitrogens with one attached hydrogen (secondary N) is 2. The molecule has 0 aromatic heterocycles. The summed E-state index contributed by atoms with van der Waals surface area (Å²) in [5.74, 6) is 0.694. The first-order valence-corrected chi connectivity index (χ1v) is 7.66. The monoisotopic (exact) mass is 376 g/mol. The number of benzene rings is 1. The van der Waals surface area contributed by atoms with Crippen LogP contribution in [-0.2, 0) is 0 Å². The van der Waals surface area contributed by atoms with Gasteiger partial charge in [0.25, 0.3) is 5.91 Å². The summed E-state index contributed by atoms with van der Waals surface area (Å²) in [6.45, 7) is 5.01. The molecule has 1 amide bonds. The van der Waals surface area contributed by atoms with Gasteiger partial charge in [0.05, 0.1) is 11.6 Å². The highest BCUT2D eigenvalue weighted by Gasteiger charge is 2.27. The van der Waals surface area contributed by atoms with Crippen LogP contribution in [0.4, 0.5) is 0 Å². The molecule has 1 heterocycles. The molecule has 0 atom stereocenters. The molecule has 1 aliphatic heterocycles. The normalized spacial score (nSPS) is 16.7. The zero-order valence-corrected chi connectivity index (χ0v) is 14.8. The maximum Gasteiger partial charge on any atom is 0.251 e. The van der Waals surface area contributed by atoms with Crippen LogP contribution in [0, 0.1) is 5.41 Å². The van der Waals surface area contributed by atoms with E-state index in [1.807, 2.05) is 0 Å². The summed E-state index contributed by atoms with van der Waals surface area (Å²) in [6.07, 6.45) is 2.19. The minimum atomic E-state index is -0.0342. The Labute approximate surface area is 140 Å². The van der Waals surface area contributed by atoms with Gasteiger partial charge in [0.1, 0.15) is 5.75 Å². The van der Waals surface area contributed by atoms with Crippen molar-refractivity contribution in [3.63, 3.8) is 0 Å². The van der Waals surface area contributed by atoms with Gasteiger partial charge in [0.2, 0.25) is 0 Å². The number of hydrogen-bond donors (Lipinski definition) is 2. The highest BCUT2D eigenvalue weighted by Crippen LogP contribution is 2.28. The average molecular weight is 378 g/mol. The summed E-state index contributed by atoms with van der Waals surface area (Å²) in [6, 6.07) is 5.37. The molecular formula is C15H22BrClN2O2. The van der Waals surface area contributed by atoms with Crippen molar-refractivity contribution in [2.45, 2.75) is 19.8 Å². The predicted octanol–water partition coefficient (Wildman–Crippen LogP) is 3.00. The number of methoxy groups -OCH3 is 1. The first-order chi connectivity index (χ1) is 9.54. The minimum Gasteiger partial charge on any atom is -0.496 e. The molecule has 1 fully saturated rings. The van der Waals surface area contributed by atoms with Gasteiger partial charge < -0.3 is 15.4 Å². The SMILES string of the molecule is COc1ccc(C(=O)NCC2(C)CCNCC2)cc1Br.Cl. The van der Waals surface area contributed by atoms with Crippen LogP contribution in [0.25, 0.3) is 0 Å². The lowest BCUT2D eigenvalue weighted by Crippen LogP contribution is -2.42. The first-order valence-electron chi connectivity index (χ1n) is 6.86. The molecule has 2 rings (SSSR count). The number of hydrogen-bond acceptors (Lipinski definition) is 3. The maximum absolute atomic E-state index is 12.2. The Morgan fingerprint density at radius 1 is 1.43 bits per heavy atom. The van der Waals surface area contributed by atoms with E-state index >= 15 is 0 Å². The molecule has 1 aromatic carbocycles. The van der Waals surface area contributed by atoms with Crippen molar-refractivity contribution < 1.29 is 9.53 Å². The second kappa shape index (κ2) is 8.01. The topological polar surface area (TPSA) is 50.4 Å². The molecule has 0 unspecified atom stereocenters. The zero-order valence-electron chi connectivity index (χ0n) is 12.4. The quantitative estimate of drug-likeness (QED) is 0.848. The van der Waals surface area contributed by atoms with Crippen molar-refractivity contribution in [2.75, 3.05) is 26.7 Å². The van der Waals surface area contributed by atoms with Gasteiger partial charge in [-0.3, -0.25) is 4.79 Å². The molecule has 0 bridgehead atoms. The summed E-state index contributed by atoms with van der Waals surface area (Å²) >= 11 is 3.40. The van der Waals surface area contributed by atoms with Crippen molar-refractivity contribution in [3.8, 4) is 5.75 Å². The van der Waals surface area contributed by atoms with E-state index in [0.29, 0.717) is 5.56 Å². The van der Waals surface area contributed by atoms with E-state index in [4.69, 9.17) is 4.74 Å². The van der Waals surface area contributed by atoms with Gasteiger partial charge in [0.15, 0.2) is 0 Å². The minimum absolute atomic E-state index is 0. The van der Waals surface area contributed by atoms with E-state index in [1.54, 1.807) is 25.3 Å². The molecule has 2 N–H and O–H groups in total. The molecule has 0 aliphatic carbocycles. The summed E-state index contributed by atoms with van der Waals surface area (Å²) in [7, 11) is 1.61. The van der Waals surface area contributed by atoms with Crippen molar-refractivity contribution >= 4 is 34.2 Å². The molecule has 0 radical (unpaired) electrons. The van der Waals surface area contributed by atoms with Crippen molar-refractivity contribution in [1.82, 2.24) is 10.6 Å². The standard InChI is InChI=1S/C15H21BrN2O2.ClH/c1-15(5-7-17-8-6-15)10-18-14(19)11-3-4-13(20-2)12(16)9-11;/h3-4,9,17H,5-8,10H2,1-2H3,(H,18,19);1H. The third kappa shape index (κ3) is 4.87. The number of ether oxygens (including phenoxy) is 1. The Hall–Kier alpha value is -0.780. The fourth-order valence-electron chi connectivity index (χ4n) is 2.41. The Morgan fingerprint density at radius 3 is 2.67 bits per heavy atom. The lowest BCUT2D eigenvalue weighted by atomic mass is 9.81. The number of halogens is 2. The van der Waals surface area contributed by atoms with E-state index in [9.17, 15) is 4.79 Å². The molecule has 1 aliphatic rings. The van der Waals surface area contributed by atoms with Gasteiger partial charge in [-0.15, -0.1) is 12.4 Å². The molecule has 0 spiro atoms. The van der Waals surface area contributed by atoms with Gasteiger partial charge in [-0.25, -0.2) is 0 Å². The maximum atomic E-state index is 12.2. The van der Waals surface area contributed by atoms with Crippen LogP contribution >= 0.6 is 28.3 Å². The Bertz CT molecular complexity index is 491. The van der Waals surface area contributed by atoms with Crippen LogP contribution in [0.15, 0.2) is 22.7 Å². The number of amides is 1. The van der Waals surface area contributed by atoms with Crippen LogP contribution in [0.2, 0.25) is 0 Å². The van der Waals surface area contributed by atoms with E-state index < -0.39 is 0 Å². The third-order valence-corrected chi connectivity index (χ3v) is 4.52. The second-order valence-corrected chi connectivity index (χ2v) is 6.45. The van der Waals surface area contributed by atoms with Crippen molar-refractivity contribution in [2.24, 2.45) is 5.41 Å². The Balaban J connectivity index is 0.00000220. The lowest BCUT2D eigenvalue weighted by Gasteiger charge is -2.34. The summed E-state index contributed by atoms with van der Waals surface area (Å²) in [5, 5.41) is 6.39. The van der Waals surface area contributed by atoms with E-state index in [1.165, 1.54) is 0 Å². The van der Waals surface area contributed by atoms with Crippen LogP contribution in [0.5, 0.6) is 5.75 Å². The molecule has 0 saturated carbocycles. The number of carbonyl (C=O) groups excluding carboxylic acids is 1. The Morgan fingerprint density at radius 2 is 2.10 bits per heavy atom. The zero-order chi connectivity index (χ0) is 14.6. The highest BCUT2D eigenvalue weighted by molar-refractivity contribution is 9.10. The smallest absolute Gasteiger partial charge is 0.251 e. The average Bonchev–Trinajstić information content (AvgIpc) is 2.45. The summed E-state index contributed by atoms with van der Waals surface area (Å²) in [4.78, 5) is 12.2. The van der Waals surface area contributed by atoms with Crippen LogP contribution < -0.4 is 15.4 Å². The number of carbonyl (C=O) groups is 1. The van der Waals surface area contributed by atoms with Crippen molar-refractivity contribution in [1.29, 1.82) is 0 Å².